The van der Waals surface area contributed by atoms with Crippen molar-refractivity contribution in [3.8, 4) is 5.75 Å². The second-order valence-electron chi connectivity index (χ2n) is 4.53. The minimum Gasteiger partial charge on any atom is -0.497 e. The predicted molar refractivity (Wildman–Crippen MR) is 74.2 cm³/mol. The second kappa shape index (κ2) is 6.38. The van der Waals surface area contributed by atoms with Crippen LogP contribution in [-0.2, 0) is 13.0 Å². The fourth-order valence-electron chi connectivity index (χ4n) is 1.99. The number of rotatable bonds is 6. The highest BCUT2D eigenvalue weighted by atomic mass is 16.5. The Morgan fingerprint density at radius 1 is 1.32 bits per heavy atom. The molecule has 1 aromatic heterocycles. The van der Waals surface area contributed by atoms with Gasteiger partial charge in [0.05, 0.1) is 19.4 Å². The molecule has 0 aliphatic carbocycles. The molecule has 19 heavy (non-hydrogen) atoms. The third-order valence-corrected chi connectivity index (χ3v) is 3.23. The predicted octanol–water partition coefficient (Wildman–Crippen LogP) is 2.58. The van der Waals surface area contributed by atoms with E-state index in [9.17, 15) is 5.11 Å². The van der Waals surface area contributed by atoms with Crippen LogP contribution in [0.2, 0.25) is 0 Å². The van der Waals surface area contributed by atoms with Crippen LogP contribution in [0.3, 0.4) is 0 Å². The zero-order valence-corrected chi connectivity index (χ0v) is 11.4. The van der Waals surface area contributed by atoms with Gasteiger partial charge in [0.2, 0.25) is 0 Å². The molecule has 0 amide bonds. The van der Waals surface area contributed by atoms with Crippen LogP contribution in [0.4, 0.5) is 0 Å². The number of ether oxygens (including phenoxy) is 1. The topological polar surface area (TPSA) is 47.3 Å². The fourth-order valence-corrected chi connectivity index (χ4v) is 1.99. The van der Waals surface area contributed by atoms with E-state index in [-0.39, 0.29) is 0 Å². The smallest absolute Gasteiger partial charge is 0.118 e. The molecule has 0 aliphatic rings. The summed E-state index contributed by atoms with van der Waals surface area (Å²) in [6.07, 6.45) is 4.72. The third-order valence-electron chi connectivity index (χ3n) is 3.23. The third kappa shape index (κ3) is 3.58. The van der Waals surface area contributed by atoms with Crippen LogP contribution in [0.15, 0.2) is 36.7 Å². The van der Waals surface area contributed by atoms with Gasteiger partial charge in [-0.1, -0.05) is 12.1 Å². The standard InChI is InChI=1S/C15H20N2O2/c1-3-17-11-13(10-16-17)15(18)9-6-12-4-7-14(19-2)8-5-12/h4-5,7-8,10-11,15,18H,3,6,9H2,1-2H3. The molecule has 1 heterocycles. The molecule has 1 N–H and O–H groups in total. The molecule has 0 aliphatic heterocycles. The molecule has 2 rings (SSSR count). The average Bonchev–Trinajstić information content (AvgIpc) is 2.94. The summed E-state index contributed by atoms with van der Waals surface area (Å²) >= 11 is 0. The highest BCUT2D eigenvalue weighted by Gasteiger charge is 2.10. The summed E-state index contributed by atoms with van der Waals surface area (Å²) in [5.41, 5.74) is 2.08. The Balaban J connectivity index is 1.90. The van der Waals surface area contributed by atoms with Crippen molar-refractivity contribution in [1.82, 2.24) is 9.78 Å². The number of aliphatic hydroxyl groups is 1. The summed E-state index contributed by atoms with van der Waals surface area (Å²) in [6.45, 7) is 2.85. The molecular weight excluding hydrogens is 240 g/mol. The monoisotopic (exact) mass is 260 g/mol. The molecule has 1 aromatic carbocycles. The molecule has 0 saturated heterocycles. The summed E-state index contributed by atoms with van der Waals surface area (Å²) in [6, 6.07) is 7.94. The Bertz CT molecular complexity index is 505. The molecule has 2 aromatic rings. The first-order chi connectivity index (χ1) is 9.22. The maximum Gasteiger partial charge on any atom is 0.118 e. The number of aryl methyl sites for hydroxylation is 2. The normalized spacial score (nSPS) is 12.4. The van der Waals surface area contributed by atoms with Gasteiger partial charge in [-0.2, -0.15) is 5.10 Å². The highest BCUT2D eigenvalue weighted by Crippen LogP contribution is 2.19. The van der Waals surface area contributed by atoms with E-state index in [1.807, 2.05) is 42.1 Å². The van der Waals surface area contributed by atoms with Gasteiger partial charge in [-0.3, -0.25) is 4.68 Å². The fraction of sp³-hybridized carbons (Fsp3) is 0.400. The molecule has 4 nitrogen and oxygen atoms in total. The highest BCUT2D eigenvalue weighted by molar-refractivity contribution is 5.27. The van der Waals surface area contributed by atoms with Crippen LogP contribution in [-0.4, -0.2) is 22.0 Å². The minimum atomic E-state index is -0.456. The lowest BCUT2D eigenvalue weighted by Crippen LogP contribution is -1.99. The molecule has 1 atom stereocenters. The summed E-state index contributed by atoms with van der Waals surface area (Å²) < 4.78 is 6.94. The number of aliphatic hydroxyl groups excluding tert-OH is 1. The summed E-state index contributed by atoms with van der Waals surface area (Å²) in [7, 11) is 1.66. The molecule has 0 bridgehead atoms. The maximum atomic E-state index is 10.1. The first-order valence-corrected chi connectivity index (χ1v) is 6.56. The molecule has 0 spiro atoms. The first kappa shape index (κ1) is 13.6. The van der Waals surface area contributed by atoms with Gasteiger partial charge in [-0.15, -0.1) is 0 Å². The minimum absolute atomic E-state index is 0.456. The lowest BCUT2D eigenvalue weighted by molar-refractivity contribution is 0.167. The summed E-state index contributed by atoms with van der Waals surface area (Å²) in [4.78, 5) is 0. The summed E-state index contributed by atoms with van der Waals surface area (Å²) in [5.74, 6) is 0.855. The Labute approximate surface area is 113 Å². The lowest BCUT2D eigenvalue weighted by atomic mass is 10.0. The van der Waals surface area contributed by atoms with E-state index < -0.39 is 6.10 Å². The Kier molecular flexibility index (Phi) is 4.58. The van der Waals surface area contributed by atoms with E-state index in [0.717, 1.165) is 24.3 Å². The average molecular weight is 260 g/mol. The van der Waals surface area contributed by atoms with Crippen molar-refractivity contribution in [2.45, 2.75) is 32.4 Å². The van der Waals surface area contributed by atoms with Gasteiger partial charge in [-0.05, 0) is 37.5 Å². The molecule has 0 fully saturated rings. The number of benzene rings is 1. The van der Waals surface area contributed by atoms with Crippen LogP contribution >= 0.6 is 0 Å². The van der Waals surface area contributed by atoms with Crippen LogP contribution < -0.4 is 4.74 Å². The van der Waals surface area contributed by atoms with Gasteiger partial charge in [0.1, 0.15) is 5.75 Å². The van der Waals surface area contributed by atoms with Gasteiger partial charge in [0.25, 0.3) is 0 Å². The molecule has 0 radical (unpaired) electrons. The van der Waals surface area contributed by atoms with Crippen molar-refractivity contribution in [2.75, 3.05) is 7.11 Å². The Hall–Kier alpha value is -1.81. The van der Waals surface area contributed by atoms with Gasteiger partial charge in [0.15, 0.2) is 0 Å². The molecular formula is C15H20N2O2. The maximum absolute atomic E-state index is 10.1. The molecule has 1 unspecified atom stereocenters. The molecule has 4 heteroatoms. The number of hydrogen-bond donors (Lipinski definition) is 1. The van der Waals surface area contributed by atoms with E-state index in [1.165, 1.54) is 5.56 Å². The first-order valence-electron chi connectivity index (χ1n) is 6.56. The van der Waals surface area contributed by atoms with E-state index >= 15 is 0 Å². The SMILES string of the molecule is CCn1cc(C(O)CCc2ccc(OC)cc2)cn1. The zero-order chi connectivity index (χ0) is 13.7. The van der Waals surface area contributed by atoms with Crippen LogP contribution in [0.25, 0.3) is 0 Å². The number of aromatic nitrogens is 2. The van der Waals surface area contributed by atoms with Gasteiger partial charge in [0, 0.05) is 18.3 Å². The number of nitrogens with zero attached hydrogens (tertiary/aromatic N) is 2. The number of hydrogen-bond acceptors (Lipinski definition) is 3. The van der Waals surface area contributed by atoms with Crippen LogP contribution in [0.5, 0.6) is 5.75 Å². The van der Waals surface area contributed by atoms with Gasteiger partial charge >= 0.3 is 0 Å². The van der Waals surface area contributed by atoms with Crippen molar-refractivity contribution in [1.29, 1.82) is 0 Å². The summed E-state index contributed by atoms with van der Waals surface area (Å²) in [5, 5.41) is 14.3. The Morgan fingerprint density at radius 2 is 2.05 bits per heavy atom. The zero-order valence-electron chi connectivity index (χ0n) is 11.4. The quantitative estimate of drug-likeness (QED) is 0.868. The van der Waals surface area contributed by atoms with E-state index in [4.69, 9.17) is 4.74 Å². The lowest BCUT2D eigenvalue weighted by Gasteiger charge is -2.08. The van der Waals surface area contributed by atoms with Crippen molar-refractivity contribution in [2.24, 2.45) is 0 Å². The van der Waals surface area contributed by atoms with Crippen molar-refractivity contribution < 1.29 is 9.84 Å². The molecule has 0 saturated carbocycles. The van der Waals surface area contributed by atoms with E-state index in [1.54, 1.807) is 13.3 Å². The van der Waals surface area contributed by atoms with Crippen molar-refractivity contribution >= 4 is 0 Å². The van der Waals surface area contributed by atoms with Gasteiger partial charge < -0.3 is 9.84 Å². The van der Waals surface area contributed by atoms with Gasteiger partial charge in [-0.25, -0.2) is 0 Å². The van der Waals surface area contributed by atoms with Crippen LogP contribution in [0.1, 0.15) is 30.6 Å². The van der Waals surface area contributed by atoms with E-state index in [0.29, 0.717) is 6.42 Å². The van der Waals surface area contributed by atoms with Crippen LogP contribution in [0, 0.1) is 0 Å². The number of methoxy groups -OCH3 is 1. The molecule has 102 valence electrons. The van der Waals surface area contributed by atoms with Crippen molar-refractivity contribution in [3.63, 3.8) is 0 Å². The van der Waals surface area contributed by atoms with Crippen molar-refractivity contribution in [3.05, 3.63) is 47.8 Å². The largest absolute Gasteiger partial charge is 0.497 e. The second-order valence-corrected chi connectivity index (χ2v) is 4.53. The van der Waals surface area contributed by atoms with E-state index in [2.05, 4.69) is 5.10 Å². The Morgan fingerprint density at radius 3 is 2.63 bits per heavy atom.